The van der Waals surface area contributed by atoms with Gasteiger partial charge in [0.25, 0.3) is 5.91 Å². The number of nitrogens with one attached hydrogen (secondary N) is 1. The molecule has 2 unspecified atom stereocenters. The largest absolute Gasteiger partial charge is 0.433 e. The first kappa shape index (κ1) is 21.4. The highest BCUT2D eigenvalue weighted by atomic mass is 35.5. The van der Waals surface area contributed by atoms with Gasteiger partial charge in [-0.2, -0.15) is 23.7 Å². The number of carbonyl (C=O) groups is 1. The van der Waals surface area contributed by atoms with Crippen molar-refractivity contribution >= 4 is 28.9 Å². The molecule has 0 aliphatic carbocycles. The summed E-state index contributed by atoms with van der Waals surface area (Å²) in [6, 6.07) is 10.5. The molecule has 2 aromatic carbocycles. The predicted octanol–water partition coefficient (Wildman–Crippen LogP) is 3.95. The number of halogens is 5. The van der Waals surface area contributed by atoms with Crippen molar-refractivity contribution in [3.8, 4) is 12.1 Å². The number of hydrogen-bond acceptors (Lipinski definition) is 5. The quantitative estimate of drug-likeness (QED) is 0.733. The number of amides is 1. The molecule has 1 aliphatic rings. The van der Waals surface area contributed by atoms with Crippen molar-refractivity contribution in [3.63, 3.8) is 0 Å². The summed E-state index contributed by atoms with van der Waals surface area (Å²) < 4.78 is 59.3. The van der Waals surface area contributed by atoms with Gasteiger partial charge in [0.1, 0.15) is 11.9 Å². The van der Waals surface area contributed by atoms with Gasteiger partial charge in [-0.05, 0) is 36.4 Å². The minimum atomic E-state index is -4.84. The maximum Gasteiger partial charge on any atom is 0.433 e. The molecule has 1 amide bonds. The van der Waals surface area contributed by atoms with Gasteiger partial charge in [0, 0.05) is 5.69 Å². The lowest BCUT2D eigenvalue weighted by Crippen LogP contribution is -2.42. The van der Waals surface area contributed by atoms with E-state index in [0.29, 0.717) is 0 Å². The van der Waals surface area contributed by atoms with Gasteiger partial charge in [-0.3, -0.25) is 4.79 Å². The minimum absolute atomic E-state index is 0.00109. The highest BCUT2D eigenvalue weighted by Crippen LogP contribution is 2.36. The summed E-state index contributed by atoms with van der Waals surface area (Å²) >= 11 is 5.90. The van der Waals surface area contributed by atoms with Crippen molar-refractivity contribution in [3.05, 3.63) is 58.4 Å². The molecule has 1 fully saturated rings. The first-order valence-electron chi connectivity index (χ1n) is 8.33. The molecule has 154 valence electrons. The molecule has 6 nitrogen and oxygen atoms in total. The van der Waals surface area contributed by atoms with E-state index in [-0.39, 0.29) is 27.5 Å². The Morgan fingerprint density at radius 2 is 1.93 bits per heavy atom. The molecule has 11 heteroatoms. The molecule has 1 saturated heterocycles. The highest BCUT2D eigenvalue weighted by molar-refractivity contribution is 6.32. The van der Waals surface area contributed by atoms with Crippen LogP contribution in [0.3, 0.4) is 0 Å². The Balaban J connectivity index is 1.84. The number of benzene rings is 2. The third-order valence-electron chi connectivity index (χ3n) is 4.27. The third kappa shape index (κ3) is 4.30. The molecule has 1 N–H and O–H groups in total. The lowest BCUT2D eigenvalue weighted by atomic mass is 10.2. The fourth-order valence-electron chi connectivity index (χ4n) is 2.86. The Morgan fingerprint density at radius 1 is 1.20 bits per heavy atom. The fraction of sp³-hybridized carbons (Fsp3) is 0.211. The Morgan fingerprint density at radius 3 is 2.50 bits per heavy atom. The maximum atomic E-state index is 14.0. The second-order valence-corrected chi connectivity index (χ2v) is 6.65. The number of rotatable bonds is 3. The van der Waals surface area contributed by atoms with Crippen LogP contribution in [0.1, 0.15) is 11.1 Å². The lowest BCUT2D eigenvalue weighted by molar-refractivity contribution is -0.212. The minimum Gasteiger partial charge on any atom is -0.335 e. The van der Waals surface area contributed by atoms with Gasteiger partial charge in [0.15, 0.2) is 6.10 Å². The standard InChI is InChI=1S/C19H11ClF4N4O2/c20-13-6-12(3-2-11(13)8-26)28-9-16(30-18(28)19(22,23)24)17(29)27-15-4-1-10(7-25)5-14(15)21/h1-6,16,18H,9H2,(H,27,29). The van der Waals surface area contributed by atoms with Crippen molar-refractivity contribution in [1.29, 1.82) is 10.5 Å². The summed E-state index contributed by atoms with van der Waals surface area (Å²) in [5, 5.41) is 19.8. The number of nitrogens with zero attached hydrogens (tertiary/aromatic N) is 3. The summed E-state index contributed by atoms with van der Waals surface area (Å²) in [6.45, 7) is -0.490. The van der Waals surface area contributed by atoms with Crippen LogP contribution in [-0.4, -0.2) is 31.0 Å². The van der Waals surface area contributed by atoms with Crippen LogP contribution in [0, 0.1) is 28.5 Å². The zero-order valence-corrected chi connectivity index (χ0v) is 15.6. The van der Waals surface area contributed by atoms with Gasteiger partial charge in [-0.25, -0.2) is 4.39 Å². The summed E-state index contributed by atoms with van der Waals surface area (Å²) in [4.78, 5) is 13.2. The molecular weight excluding hydrogens is 428 g/mol. The van der Waals surface area contributed by atoms with E-state index in [1.165, 1.54) is 24.3 Å². The molecule has 1 heterocycles. The zero-order chi connectivity index (χ0) is 22.1. The number of nitriles is 2. The molecule has 0 bridgehead atoms. The molecule has 2 aromatic rings. The van der Waals surface area contributed by atoms with Gasteiger partial charge < -0.3 is 15.0 Å². The zero-order valence-electron chi connectivity index (χ0n) is 14.9. The average Bonchev–Trinajstić information content (AvgIpc) is 3.15. The van der Waals surface area contributed by atoms with E-state index in [2.05, 4.69) is 5.32 Å². The summed E-state index contributed by atoms with van der Waals surface area (Å²) in [5.74, 6) is -1.90. The Labute approximate surface area is 172 Å². The number of anilines is 2. The Hall–Kier alpha value is -3.34. The molecule has 0 aromatic heterocycles. The number of ether oxygens (including phenoxy) is 1. The van der Waals surface area contributed by atoms with Gasteiger partial charge >= 0.3 is 6.18 Å². The van der Waals surface area contributed by atoms with Crippen molar-refractivity contribution in [1.82, 2.24) is 0 Å². The number of hydrogen-bond donors (Lipinski definition) is 1. The number of carbonyl (C=O) groups excluding carboxylic acids is 1. The predicted molar refractivity (Wildman–Crippen MR) is 98.0 cm³/mol. The van der Waals surface area contributed by atoms with Crippen molar-refractivity contribution in [2.24, 2.45) is 0 Å². The second kappa shape index (κ2) is 8.19. The molecule has 0 saturated carbocycles. The smallest absolute Gasteiger partial charge is 0.335 e. The van der Waals surface area contributed by atoms with Crippen molar-refractivity contribution in [2.45, 2.75) is 18.5 Å². The maximum absolute atomic E-state index is 14.0. The fourth-order valence-corrected chi connectivity index (χ4v) is 3.08. The van der Waals surface area contributed by atoms with E-state index >= 15 is 0 Å². The van der Waals surface area contributed by atoms with E-state index in [9.17, 15) is 22.4 Å². The summed E-state index contributed by atoms with van der Waals surface area (Å²) in [7, 11) is 0. The van der Waals surface area contributed by atoms with E-state index < -0.39 is 36.8 Å². The summed E-state index contributed by atoms with van der Waals surface area (Å²) in [6.07, 6.45) is -8.85. The Kier molecular flexibility index (Phi) is 5.83. The Bertz CT molecular complexity index is 1080. The SMILES string of the molecule is N#Cc1ccc(NC(=O)C2CN(c3ccc(C#N)c(Cl)c3)C(C(F)(F)F)O2)c(F)c1. The van der Waals surface area contributed by atoms with Crippen LogP contribution in [0.25, 0.3) is 0 Å². The van der Waals surface area contributed by atoms with Crippen LogP contribution >= 0.6 is 11.6 Å². The van der Waals surface area contributed by atoms with Gasteiger partial charge in [-0.1, -0.05) is 11.6 Å². The van der Waals surface area contributed by atoms with Crippen LogP contribution in [0.2, 0.25) is 5.02 Å². The van der Waals surface area contributed by atoms with Crippen LogP contribution in [0.15, 0.2) is 36.4 Å². The van der Waals surface area contributed by atoms with Crippen LogP contribution in [0.4, 0.5) is 28.9 Å². The molecule has 0 radical (unpaired) electrons. The van der Waals surface area contributed by atoms with E-state index in [1.54, 1.807) is 12.1 Å². The van der Waals surface area contributed by atoms with E-state index in [4.69, 9.17) is 26.9 Å². The average molecular weight is 439 g/mol. The molecule has 1 aliphatic heterocycles. The molecule has 30 heavy (non-hydrogen) atoms. The molecular formula is C19H11ClF4N4O2. The highest BCUT2D eigenvalue weighted by Gasteiger charge is 2.52. The monoisotopic (exact) mass is 438 g/mol. The van der Waals surface area contributed by atoms with E-state index in [1.807, 2.05) is 0 Å². The first-order valence-corrected chi connectivity index (χ1v) is 8.71. The molecule has 0 spiro atoms. The van der Waals surface area contributed by atoms with E-state index in [0.717, 1.165) is 17.0 Å². The van der Waals surface area contributed by atoms with Gasteiger partial charge in [-0.15, -0.1) is 0 Å². The van der Waals surface area contributed by atoms with Crippen LogP contribution in [0.5, 0.6) is 0 Å². The first-order chi connectivity index (χ1) is 14.1. The normalized spacial score (nSPS) is 18.6. The van der Waals surface area contributed by atoms with Gasteiger partial charge in [0.2, 0.25) is 6.23 Å². The molecule has 3 rings (SSSR count). The van der Waals surface area contributed by atoms with Crippen LogP contribution in [-0.2, 0) is 9.53 Å². The van der Waals surface area contributed by atoms with Crippen LogP contribution < -0.4 is 10.2 Å². The van der Waals surface area contributed by atoms with Gasteiger partial charge in [0.05, 0.1) is 34.5 Å². The summed E-state index contributed by atoms with van der Waals surface area (Å²) in [5.41, 5.74) is -0.203. The van der Waals surface area contributed by atoms with Crippen molar-refractivity contribution in [2.75, 3.05) is 16.8 Å². The lowest BCUT2D eigenvalue weighted by Gasteiger charge is -2.26. The topological polar surface area (TPSA) is 89.2 Å². The van der Waals surface area contributed by atoms with Crippen molar-refractivity contribution < 1.29 is 27.1 Å². The third-order valence-corrected chi connectivity index (χ3v) is 4.58. The second-order valence-electron chi connectivity index (χ2n) is 6.24. The number of alkyl halides is 3. The molecule has 2 atom stereocenters.